The molecule has 0 aliphatic rings. The Labute approximate surface area is 198 Å². The van der Waals surface area contributed by atoms with Crippen LogP contribution in [-0.4, -0.2) is 55.4 Å². The number of nitrogens with one attached hydrogen (secondary N) is 4. The van der Waals surface area contributed by atoms with Crippen LogP contribution in [0.2, 0.25) is 5.02 Å². The second-order valence-corrected chi connectivity index (χ2v) is 7.69. The van der Waals surface area contributed by atoms with Gasteiger partial charge in [0.25, 0.3) is 0 Å². The number of hydrogen-bond donors (Lipinski definition) is 4. The van der Waals surface area contributed by atoms with E-state index in [2.05, 4.69) is 26.3 Å². The molecule has 11 heteroatoms. The third-order valence-corrected chi connectivity index (χ3v) is 4.73. The molecular formula is C22H28ClN7O3. The van der Waals surface area contributed by atoms with Crippen molar-refractivity contribution in [2.24, 2.45) is 0 Å². The number of carbonyl (C=O) groups is 2. The van der Waals surface area contributed by atoms with E-state index in [0.29, 0.717) is 47.4 Å². The second kappa shape index (κ2) is 13.1. The van der Waals surface area contributed by atoms with Gasteiger partial charge in [-0.3, -0.25) is 10.2 Å². The predicted octanol–water partition coefficient (Wildman–Crippen LogP) is 3.62. The van der Waals surface area contributed by atoms with E-state index >= 15 is 0 Å². The molecule has 1 atom stereocenters. The van der Waals surface area contributed by atoms with Crippen LogP contribution in [0.3, 0.4) is 0 Å². The van der Waals surface area contributed by atoms with Crippen molar-refractivity contribution < 1.29 is 14.3 Å². The van der Waals surface area contributed by atoms with E-state index in [1.165, 1.54) is 12.3 Å². The van der Waals surface area contributed by atoms with Crippen LogP contribution in [0.5, 0.6) is 5.75 Å². The van der Waals surface area contributed by atoms with Crippen molar-refractivity contribution in [1.29, 1.82) is 5.26 Å². The van der Waals surface area contributed by atoms with Crippen LogP contribution < -0.4 is 26.0 Å². The quantitative estimate of drug-likeness (QED) is 0.308. The lowest BCUT2D eigenvalue weighted by molar-refractivity contribution is 0.206. The van der Waals surface area contributed by atoms with Gasteiger partial charge in [0.15, 0.2) is 0 Å². The lowest BCUT2D eigenvalue weighted by atomic mass is 10.3. The van der Waals surface area contributed by atoms with Crippen molar-refractivity contribution in [2.45, 2.75) is 25.9 Å². The fourth-order valence-electron chi connectivity index (χ4n) is 2.78. The van der Waals surface area contributed by atoms with Crippen LogP contribution in [0.25, 0.3) is 0 Å². The minimum atomic E-state index is -0.538. The normalized spacial score (nSPS) is 11.3. The van der Waals surface area contributed by atoms with Gasteiger partial charge in [-0.2, -0.15) is 5.26 Å². The lowest BCUT2D eigenvalue weighted by Crippen LogP contribution is -2.48. The van der Waals surface area contributed by atoms with Gasteiger partial charge in [-0.15, -0.1) is 0 Å². The Bertz CT molecular complexity index is 977. The molecule has 0 aliphatic carbocycles. The van der Waals surface area contributed by atoms with Crippen LogP contribution in [0.1, 0.15) is 25.3 Å². The number of urea groups is 2. The van der Waals surface area contributed by atoms with Gasteiger partial charge in [0.05, 0.1) is 24.0 Å². The van der Waals surface area contributed by atoms with Gasteiger partial charge in [0.2, 0.25) is 0 Å². The van der Waals surface area contributed by atoms with Crippen molar-refractivity contribution in [3.05, 3.63) is 47.1 Å². The van der Waals surface area contributed by atoms with Crippen LogP contribution in [-0.2, 0) is 0 Å². The summed E-state index contributed by atoms with van der Waals surface area (Å²) in [5.74, 6) is 0.727. The molecule has 1 unspecified atom stereocenters. The fourth-order valence-corrected chi connectivity index (χ4v) is 2.96. The average molecular weight is 474 g/mol. The van der Waals surface area contributed by atoms with Gasteiger partial charge in [-0.25, -0.2) is 14.6 Å². The molecular weight excluding hydrogens is 446 g/mol. The molecule has 2 aromatic rings. The fraction of sp³-hybridized carbons (Fsp3) is 0.364. The highest BCUT2D eigenvalue weighted by Gasteiger charge is 2.12. The van der Waals surface area contributed by atoms with Crippen LogP contribution in [0, 0.1) is 11.3 Å². The number of hydrogen-bond acceptors (Lipinski definition) is 6. The number of amides is 4. The topological polar surface area (TPSA) is 131 Å². The highest BCUT2D eigenvalue weighted by molar-refractivity contribution is 6.31. The number of pyridine rings is 1. The number of benzene rings is 1. The SMILES string of the molecule is CCC(NC(=O)NCCCOc1ccc(Cl)cc1NC(=O)Nc1ccc(C#N)cn1)N(C)C. The van der Waals surface area contributed by atoms with E-state index in [9.17, 15) is 9.59 Å². The monoisotopic (exact) mass is 473 g/mol. The molecule has 4 N–H and O–H groups in total. The van der Waals surface area contributed by atoms with Crippen molar-refractivity contribution in [3.63, 3.8) is 0 Å². The smallest absolute Gasteiger partial charge is 0.324 e. The minimum Gasteiger partial charge on any atom is -0.491 e. The summed E-state index contributed by atoms with van der Waals surface area (Å²) in [7, 11) is 3.81. The number of ether oxygens (including phenoxy) is 1. The Morgan fingerprint density at radius 1 is 1.21 bits per heavy atom. The Balaban J connectivity index is 1.83. The number of anilines is 2. The van der Waals surface area contributed by atoms with Gasteiger partial charge >= 0.3 is 12.1 Å². The maximum absolute atomic E-state index is 12.3. The summed E-state index contributed by atoms with van der Waals surface area (Å²) in [5, 5.41) is 20.2. The summed E-state index contributed by atoms with van der Waals surface area (Å²) in [5.41, 5.74) is 0.775. The number of halogens is 1. The summed E-state index contributed by atoms with van der Waals surface area (Å²) < 4.78 is 5.76. The number of aromatic nitrogens is 1. The summed E-state index contributed by atoms with van der Waals surface area (Å²) in [6.07, 6.45) is 2.69. The standard InChI is InChI=1S/C22H28ClN7O3/c1-4-20(30(2)3)29-21(31)25-10-5-11-33-18-8-7-16(23)12-17(18)27-22(32)28-19-9-6-15(13-24)14-26-19/h6-9,12,14,20H,4-5,10-11H2,1-3H3,(H2,25,29,31)(H2,26,27,28,32). The molecule has 4 amide bonds. The van der Waals surface area contributed by atoms with Crippen molar-refractivity contribution in [1.82, 2.24) is 20.5 Å². The third-order valence-electron chi connectivity index (χ3n) is 4.50. The highest BCUT2D eigenvalue weighted by atomic mass is 35.5. The molecule has 2 rings (SSSR count). The number of rotatable bonds is 10. The van der Waals surface area contributed by atoms with Crippen molar-refractivity contribution in [2.75, 3.05) is 37.9 Å². The first-order valence-electron chi connectivity index (χ1n) is 10.4. The van der Waals surface area contributed by atoms with E-state index < -0.39 is 6.03 Å². The van der Waals surface area contributed by atoms with Crippen LogP contribution in [0.4, 0.5) is 21.1 Å². The molecule has 1 aromatic carbocycles. The molecule has 10 nitrogen and oxygen atoms in total. The molecule has 1 aromatic heterocycles. The molecule has 0 bridgehead atoms. The average Bonchev–Trinajstić information content (AvgIpc) is 2.78. The van der Waals surface area contributed by atoms with E-state index in [4.69, 9.17) is 21.6 Å². The molecule has 0 saturated heterocycles. The Morgan fingerprint density at radius 3 is 2.64 bits per heavy atom. The van der Waals surface area contributed by atoms with E-state index in [1.807, 2.05) is 32.0 Å². The number of nitriles is 1. The summed E-state index contributed by atoms with van der Waals surface area (Å²) in [6, 6.07) is 9.14. The predicted molar refractivity (Wildman–Crippen MR) is 127 cm³/mol. The first-order valence-corrected chi connectivity index (χ1v) is 10.8. The summed E-state index contributed by atoms with van der Waals surface area (Å²) in [4.78, 5) is 30.2. The second-order valence-electron chi connectivity index (χ2n) is 7.25. The van der Waals surface area contributed by atoms with Gasteiger partial charge in [-0.1, -0.05) is 18.5 Å². The highest BCUT2D eigenvalue weighted by Crippen LogP contribution is 2.28. The van der Waals surface area contributed by atoms with E-state index in [-0.39, 0.29) is 12.2 Å². The van der Waals surface area contributed by atoms with Crippen molar-refractivity contribution in [3.8, 4) is 11.8 Å². The number of carbonyl (C=O) groups excluding carboxylic acids is 2. The van der Waals surface area contributed by atoms with Crippen LogP contribution >= 0.6 is 11.6 Å². The molecule has 0 fully saturated rings. The van der Waals surface area contributed by atoms with Gasteiger partial charge in [0, 0.05) is 17.8 Å². The zero-order valence-electron chi connectivity index (χ0n) is 18.8. The Kier molecular flexibility index (Phi) is 10.2. The van der Waals surface area contributed by atoms with Crippen molar-refractivity contribution >= 4 is 35.2 Å². The van der Waals surface area contributed by atoms with Gasteiger partial charge < -0.3 is 20.7 Å². The number of nitrogens with zero attached hydrogens (tertiary/aromatic N) is 3. The molecule has 176 valence electrons. The van der Waals surface area contributed by atoms with Gasteiger partial charge in [0.1, 0.15) is 17.6 Å². The Hall–Kier alpha value is -3.55. The Morgan fingerprint density at radius 2 is 2.00 bits per heavy atom. The van der Waals surface area contributed by atoms with E-state index in [0.717, 1.165) is 6.42 Å². The largest absolute Gasteiger partial charge is 0.491 e. The third kappa shape index (κ3) is 8.84. The first kappa shape index (κ1) is 25.7. The molecule has 0 spiro atoms. The maximum Gasteiger partial charge on any atom is 0.324 e. The molecule has 33 heavy (non-hydrogen) atoms. The molecule has 0 aliphatic heterocycles. The lowest BCUT2D eigenvalue weighted by Gasteiger charge is -2.24. The summed E-state index contributed by atoms with van der Waals surface area (Å²) >= 11 is 6.06. The summed E-state index contributed by atoms with van der Waals surface area (Å²) in [6.45, 7) is 2.74. The molecule has 0 radical (unpaired) electrons. The maximum atomic E-state index is 12.3. The van der Waals surface area contributed by atoms with Crippen LogP contribution in [0.15, 0.2) is 36.5 Å². The van der Waals surface area contributed by atoms with Gasteiger partial charge in [-0.05, 0) is 57.3 Å². The van der Waals surface area contributed by atoms with E-state index in [1.54, 1.807) is 24.3 Å². The first-order chi connectivity index (χ1) is 15.8. The molecule has 1 heterocycles. The minimum absolute atomic E-state index is 0.0328. The zero-order chi connectivity index (χ0) is 24.2. The molecule has 0 saturated carbocycles. The zero-order valence-corrected chi connectivity index (χ0v) is 19.6.